The molecule has 3 rings (SSSR count). The van der Waals surface area contributed by atoms with Crippen molar-refractivity contribution >= 4 is 37.5 Å². The molecule has 0 saturated carbocycles. The van der Waals surface area contributed by atoms with Crippen LogP contribution >= 0.6 is 15.9 Å². The van der Waals surface area contributed by atoms with Crippen LogP contribution in [0.3, 0.4) is 0 Å². The molecular weight excluding hydrogens is 269 g/mol. The molecule has 2 aromatic carbocycles. The quantitative estimate of drug-likeness (QED) is 0.441. The van der Waals surface area contributed by atoms with Gasteiger partial charge in [0.25, 0.3) is 0 Å². The summed E-state index contributed by atoms with van der Waals surface area (Å²) in [6, 6.07) is 10.7. The van der Waals surface area contributed by atoms with Crippen molar-refractivity contribution in [1.82, 2.24) is 4.98 Å². The third-order valence-electron chi connectivity index (χ3n) is 2.69. The zero-order chi connectivity index (χ0) is 11.1. The van der Waals surface area contributed by atoms with Crippen LogP contribution in [0.5, 0.6) is 0 Å². The topological polar surface area (TPSA) is 12.9 Å². The van der Waals surface area contributed by atoms with Crippen molar-refractivity contribution < 1.29 is 4.39 Å². The molecule has 0 N–H and O–H groups in total. The molecule has 0 bridgehead atoms. The van der Waals surface area contributed by atoms with Gasteiger partial charge in [0.2, 0.25) is 0 Å². The molecule has 1 heterocycles. The van der Waals surface area contributed by atoms with Crippen LogP contribution in [0.2, 0.25) is 0 Å². The molecule has 0 atom stereocenters. The summed E-state index contributed by atoms with van der Waals surface area (Å²) in [5.41, 5.74) is 0. The van der Waals surface area contributed by atoms with Gasteiger partial charge in [-0.2, -0.15) is 0 Å². The Bertz CT molecular complexity index is 694. The minimum Gasteiger partial charge on any atom is -0.249 e. The largest absolute Gasteiger partial charge is 0.249 e. The second-order valence-corrected chi connectivity index (χ2v) is 4.35. The minimum absolute atomic E-state index is 0.199. The summed E-state index contributed by atoms with van der Waals surface area (Å²) in [4.78, 5) is 4.18. The first kappa shape index (κ1) is 9.73. The van der Waals surface area contributed by atoms with Gasteiger partial charge in [-0.15, -0.1) is 0 Å². The SMILES string of the molecule is Fc1cccc2c1ccc1ccnc(Br)c12. The Morgan fingerprint density at radius 3 is 2.75 bits per heavy atom. The van der Waals surface area contributed by atoms with E-state index in [4.69, 9.17) is 0 Å². The van der Waals surface area contributed by atoms with Crippen LogP contribution in [-0.4, -0.2) is 4.98 Å². The van der Waals surface area contributed by atoms with Gasteiger partial charge in [-0.3, -0.25) is 0 Å². The summed E-state index contributed by atoms with van der Waals surface area (Å²) in [7, 11) is 0. The molecular formula is C13H7BrFN. The first-order valence-corrected chi connectivity index (χ1v) is 5.68. The van der Waals surface area contributed by atoms with Gasteiger partial charge in [0.05, 0.1) is 0 Å². The molecule has 1 nitrogen and oxygen atoms in total. The van der Waals surface area contributed by atoms with Crippen molar-refractivity contribution in [1.29, 1.82) is 0 Å². The average Bonchev–Trinajstić information content (AvgIpc) is 2.29. The maximum Gasteiger partial charge on any atom is 0.131 e. The molecule has 3 aromatic rings. The van der Waals surface area contributed by atoms with E-state index < -0.39 is 0 Å². The Kier molecular flexibility index (Phi) is 2.14. The number of hydrogen-bond acceptors (Lipinski definition) is 1. The highest BCUT2D eigenvalue weighted by molar-refractivity contribution is 9.10. The fourth-order valence-electron chi connectivity index (χ4n) is 1.95. The van der Waals surface area contributed by atoms with Crippen LogP contribution in [0.25, 0.3) is 21.5 Å². The molecule has 0 aliphatic rings. The number of pyridine rings is 1. The standard InChI is InChI=1S/C13H7BrFN/c14-13-12-8(6-7-16-13)4-5-9-10(12)2-1-3-11(9)15/h1-7H. The van der Waals surface area contributed by atoms with E-state index in [1.807, 2.05) is 18.2 Å². The fourth-order valence-corrected chi connectivity index (χ4v) is 2.51. The molecule has 0 spiro atoms. The number of benzene rings is 2. The maximum absolute atomic E-state index is 13.6. The summed E-state index contributed by atoms with van der Waals surface area (Å²) >= 11 is 3.41. The zero-order valence-electron chi connectivity index (χ0n) is 8.24. The fraction of sp³-hybridized carbons (Fsp3) is 0. The zero-order valence-corrected chi connectivity index (χ0v) is 9.83. The monoisotopic (exact) mass is 275 g/mol. The van der Waals surface area contributed by atoms with Gasteiger partial charge < -0.3 is 0 Å². The van der Waals surface area contributed by atoms with E-state index in [9.17, 15) is 4.39 Å². The van der Waals surface area contributed by atoms with Gasteiger partial charge in [-0.1, -0.05) is 24.3 Å². The lowest BCUT2D eigenvalue weighted by molar-refractivity contribution is 0.640. The molecule has 0 fully saturated rings. The Balaban J connectivity index is 2.64. The number of fused-ring (bicyclic) bond motifs is 3. The summed E-state index contributed by atoms with van der Waals surface area (Å²) in [5.74, 6) is -0.199. The van der Waals surface area contributed by atoms with Crippen molar-refractivity contribution in [2.75, 3.05) is 0 Å². The second-order valence-electron chi connectivity index (χ2n) is 3.60. The highest BCUT2D eigenvalue weighted by atomic mass is 79.9. The number of aromatic nitrogens is 1. The molecule has 0 amide bonds. The molecule has 3 heteroatoms. The van der Waals surface area contributed by atoms with Gasteiger partial charge in [0, 0.05) is 17.0 Å². The molecule has 0 aliphatic heterocycles. The Morgan fingerprint density at radius 2 is 1.88 bits per heavy atom. The highest BCUT2D eigenvalue weighted by Crippen LogP contribution is 2.30. The van der Waals surface area contributed by atoms with Crippen LogP contribution < -0.4 is 0 Å². The lowest BCUT2D eigenvalue weighted by Crippen LogP contribution is -1.84. The normalized spacial score (nSPS) is 11.1. The van der Waals surface area contributed by atoms with Gasteiger partial charge >= 0.3 is 0 Å². The van der Waals surface area contributed by atoms with E-state index in [2.05, 4.69) is 20.9 Å². The molecule has 78 valence electrons. The molecule has 16 heavy (non-hydrogen) atoms. The summed E-state index contributed by atoms with van der Waals surface area (Å²) in [6.45, 7) is 0. The first-order valence-electron chi connectivity index (χ1n) is 4.89. The van der Waals surface area contributed by atoms with E-state index in [-0.39, 0.29) is 5.82 Å². The predicted molar refractivity (Wildman–Crippen MR) is 66.9 cm³/mol. The number of hydrogen-bond donors (Lipinski definition) is 0. The number of rotatable bonds is 0. The highest BCUT2D eigenvalue weighted by Gasteiger charge is 2.07. The van der Waals surface area contributed by atoms with Crippen LogP contribution in [0.4, 0.5) is 4.39 Å². The van der Waals surface area contributed by atoms with Gasteiger partial charge in [0.15, 0.2) is 0 Å². The van der Waals surface area contributed by atoms with E-state index in [1.54, 1.807) is 18.3 Å². The molecule has 0 aliphatic carbocycles. The average molecular weight is 276 g/mol. The molecule has 0 unspecified atom stereocenters. The lowest BCUT2D eigenvalue weighted by atomic mass is 10.0. The van der Waals surface area contributed by atoms with Crippen LogP contribution in [-0.2, 0) is 0 Å². The third kappa shape index (κ3) is 1.32. The summed E-state index contributed by atoms with van der Waals surface area (Å²) < 4.78 is 14.4. The van der Waals surface area contributed by atoms with E-state index >= 15 is 0 Å². The number of halogens is 2. The Hall–Kier alpha value is -1.48. The maximum atomic E-state index is 13.6. The van der Waals surface area contributed by atoms with Crippen LogP contribution in [0.15, 0.2) is 47.2 Å². The minimum atomic E-state index is -0.199. The second kappa shape index (κ2) is 3.52. The van der Waals surface area contributed by atoms with Crippen molar-refractivity contribution in [2.24, 2.45) is 0 Å². The van der Waals surface area contributed by atoms with Crippen LogP contribution in [0, 0.1) is 5.82 Å². The first-order chi connectivity index (χ1) is 7.77. The van der Waals surface area contributed by atoms with E-state index in [0.717, 1.165) is 20.8 Å². The summed E-state index contributed by atoms with van der Waals surface area (Å²) in [6.07, 6.45) is 1.73. The lowest BCUT2D eigenvalue weighted by Gasteiger charge is -2.05. The van der Waals surface area contributed by atoms with Gasteiger partial charge in [-0.25, -0.2) is 9.37 Å². The van der Waals surface area contributed by atoms with Crippen molar-refractivity contribution in [3.8, 4) is 0 Å². The Labute approximate surface area is 100 Å². The molecule has 1 aromatic heterocycles. The van der Waals surface area contributed by atoms with Gasteiger partial charge in [0.1, 0.15) is 10.4 Å². The van der Waals surface area contributed by atoms with E-state index in [1.165, 1.54) is 6.07 Å². The van der Waals surface area contributed by atoms with Crippen molar-refractivity contribution in [3.63, 3.8) is 0 Å². The van der Waals surface area contributed by atoms with Crippen LogP contribution in [0.1, 0.15) is 0 Å². The Morgan fingerprint density at radius 1 is 1.00 bits per heavy atom. The van der Waals surface area contributed by atoms with Gasteiger partial charge in [-0.05, 0) is 38.8 Å². The van der Waals surface area contributed by atoms with Crippen molar-refractivity contribution in [2.45, 2.75) is 0 Å². The molecule has 0 radical (unpaired) electrons. The smallest absolute Gasteiger partial charge is 0.131 e. The number of nitrogens with zero attached hydrogens (tertiary/aromatic N) is 1. The summed E-state index contributed by atoms with van der Waals surface area (Å²) in [5, 5.41) is 3.53. The molecule has 0 saturated heterocycles. The van der Waals surface area contributed by atoms with Crippen molar-refractivity contribution in [3.05, 3.63) is 53.0 Å². The van der Waals surface area contributed by atoms with E-state index in [0.29, 0.717) is 5.39 Å². The third-order valence-corrected chi connectivity index (χ3v) is 3.29. The predicted octanol–water partition coefficient (Wildman–Crippen LogP) is 4.29.